The van der Waals surface area contributed by atoms with Crippen LogP contribution in [0.4, 0.5) is 8.78 Å². The molecule has 5 nitrogen and oxygen atoms in total. The summed E-state index contributed by atoms with van der Waals surface area (Å²) in [4.78, 5) is 14.4. The fourth-order valence-corrected chi connectivity index (χ4v) is 3.08. The van der Waals surface area contributed by atoms with Crippen LogP contribution in [0.25, 0.3) is 0 Å². The molecule has 0 unspecified atom stereocenters. The second-order valence-electron chi connectivity index (χ2n) is 6.75. The zero-order chi connectivity index (χ0) is 18.0. The van der Waals surface area contributed by atoms with Gasteiger partial charge in [0.25, 0.3) is 5.91 Å². The molecule has 0 bridgehead atoms. The zero-order valence-corrected chi connectivity index (χ0v) is 14.4. The summed E-state index contributed by atoms with van der Waals surface area (Å²) in [6, 6.07) is 5.36. The Morgan fingerprint density at radius 1 is 1.32 bits per heavy atom. The third kappa shape index (κ3) is 4.04. The maximum Gasteiger partial charge on any atom is 0.269 e. The van der Waals surface area contributed by atoms with Crippen LogP contribution in [0.15, 0.2) is 30.5 Å². The molecular formula is C18H22F2N4O. The van der Waals surface area contributed by atoms with Gasteiger partial charge >= 0.3 is 0 Å². The Labute approximate surface area is 145 Å². The summed E-state index contributed by atoms with van der Waals surface area (Å²) < 4.78 is 28.5. The number of rotatable bonds is 6. The fourth-order valence-electron chi connectivity index (χ4n) is 3.08. The lowest BCUT2D eigenvalue weighted by molar-refractivity contribution is 0.0896. The number of nitrogens with one attached hydrogen (secondary N) is 1. The molecule has 1 aromatic heterocycles. The number of hydrogen-bond acceptors (Lipinski definition) is 3. The molecule has 0 spiro atoms. The van der Waals surface area contributed by atoms with Crippen molar-refractivity contribution >= 4 is 5.91 Å². The van der Waals surface area contributed by atoms with Gasteiger partial charge in [0.15, 0.2) is 0 Å². The Hall–Kier alpha value is -2.28. The topological polar surface area (TPSA) is 50.2 Å². The Morgan fingerprint density at radius 2 is 2.08 bits per heavy atom. The van der Waals surface area contributed by atoms with E-state index >= 15 is 0 Å². The molecule has 0 aliphatic heterocycles. The molecule has 1 amide bonds. The molecule has 1 saturated carbocycles. The highest BCUT2D eigenvalue weighted by Gasteiger charge is 2.33. The van der Waals surface area contributed by atoms with Gasteiger partial charge in [-0.2, -0.15) is 5.10 Å². The van der Waals surface area contributed by atoms with Crippen LogP contribution in [0.3, 0.4) is 0 Å². The van der Waals surface area contributed by atoms with Gasteiger partial charge in [0.1, 0.15) is 17.3 Å². The van der Waals surface area contributed by atoms with E-state index in [1.807, 2.05) is 19.0 Å². The predicted octanol–water partition coefficient (Wildman–Crippen LogP) is 2.40. The van der Waals surface area contributed by atoms with Gasteiger partial charge in [0, 0.05) is 24.8 Å². The molecule has 2 aromatic rings. The number of benzene rings is 1. The Kier molecular flexibility index (Phi) is 5.13. The number of halogens is 2. The third-order valence-corrected chi connectivity index (χ3v) is 4.58. The smallest absolute Gasteiger partial charge is 0.269 e. The van der Waals surface area contributed by atoms with Crippen molar-refractivity contribution in [2.75, 3.05) is 20.6 Å². The van der Waals surface area contributed by atoms with Gasteiger partial charge in [-0.3, -0.25) is 9.48 Å². The Morgan fingerprint density at radius 3 is 2.76 bits per heavy atom. The summed E-state index contributed by atoms with van der Waals surface area (Å²) in [7, 11) is 3.93. The van der Waals surface area contributed by atoms with E-state index in [4.69, 9.17) is 0 Å². The van der Waals surface area contributed by atoms with Crippen LogP contribution < -0.4 is 5.32 Å². The number of carbonyl (C=O) groups is 1. The van der Waals surface area contributed by atoms with Crippen molar-refractivity contribution in [2.45, 2.75) is 31.3 Å². The van der Waals surface area contributed by atoms with Crippen LogP contribution in [0.5, 0.6) is 0 Å². The van der Waals surface area contributed by atoms with Crippen molar-refractivity contribution in [3.63, 3.8) is 0 Å². The van der Waals surface area contributed by atoms with Gasteiger partial charge in [-0.1, -0.05) is 6.07 Å². The minimum atomic E-state index is -0.573. The molecule has 1 N–H and O–H groups in total. The highest BCUT2D eigenvalue weighted by molar-refractivity contribution is 5.92. The molecule has 1 heterocycles. The molecule has 134 valence electrons. The fraction of sp³-hybridized carbons (Fsp3) is 0.444. The van der Waals surface area contributed by atoms with Crippen molar-refractivity contribution in [3.8, 4) is 0 Å². The molecule has 0 atom stereocenters. The van der Waals surface area contributed by atoms with E-state index in [0.717, 1.165) is 12.6 Å². The summed E-state index contributed by atoms with van der Waals surface area (Å²) >= 11 is 0. The third-order valence-electron chi connectivity index (χ3n) is 4.58. The van der Waals surface area contributed by atoms with Gasteiger partial charge < -0.3 is 10.2 Å². The average molecular weight is 348 g/mol. The van der Waals surface area contributed by atoms with E-state index in [1.165, 1.54) is 12.1 Å². The van der Waals surface area contributed by atoms with E-state index in [1.54, 1.807) is 16.9 Å². The van der Waals surface area contributed by atoms with Crippen molar-refractivity contribution < 1.29 is 13.6 Å². The summed E-state index contributed by atoms with van der Waals surface area (Å²) in [5.41, 5.74) is 1.04. The number of carbonyl (C=O) groups excluding carboxylic acids is 1. The standard InChI is InChI=1S/C18H22F2N4O/c1-23(2)7-8-24-17(5-6-21-24)18(25)22-14-9-12(10-14)15-4-3-13(19)11-16(15)20/h3-6,11-12,14H,7-10H2,1-2H3,(H,22,25). The maximum atomic E-state index is 13.8. The number of likely N-dealkylation sites (N-methyl/N-ethyl adjacent to an activating group) is 1. The van der Waals surface area contributed by atoms with Crippen molar-refractivity contribution in [1.29, 1.82) is 0 Å². The summed E-state index contributed by atoms with van der Waals surface area (Å²) in [5, 5.41) is 7.15. The molecule has 25 heavy (non-hydrogen) atoms. The quantitative estimate of drug-likeness (QED) is 0.872. The lowest BCUT2D eigenvalue weighted by Gasteiger charge is -2.36. The van der Waals surface area contributed by atoms with Crippen LogP contribution in [-0.2, 0) is 6.54 Å². The van der Waals surface area contributed by atoms with Crippen molar-refractivity contribution in [2.24, 2.45) is 0 Å². The minimum Gasteiger partial charge on any atom is -0.348 e. The number of hydrogen-bond donors (Lipinski definition) is 1. The van der Waals surface area contributed by atoms with Gasteiger partial charge in [0.05, 0.1) is 6.54 Å². The lowest BCUT2D eigenvalue weighted by atomic mass is 9.75. The molecular weight excluding hydrogens is 326 g/mol. The molecule has 7 heteroatoms. The zero-order valence-electron chi connectivity index (χ0n) is 14.4. The molecule has 0 saturated heterocycles. The van der Waals surface area contributed by atoms with E-state index in [-0.39, 0.29) is 17.9 Å². The molecule has 1 fully saturated rings. The molecule has 1 aliphatic carbocycles. The van der Waals surface area contributed by atoms with Crippen LogP contribution in [0, 0.1) is 11.6 Å². The van der Waals surface area contributed by atoms with Crippen LogP contribution in [-0.4, -0.2) is 47.3 Å². The summed E-state index contributed by atoms with van der Waals surface area (Å²) in [6.07, 6.45) is 2.92. The largest absolute Gasteiger partial charge is 0.348 e. The van der Waals surface area contributed by atoms with Gasteiger partial charge in [-0.05, 0) is 50.6 Å². The first kappa shape index (κ1) is 17.5. The van der Waals surface area contributed by atoms with Crippen LogP contribution in [0.2, 0.25) is 0 Å². The summed E-state index contributed by atoms with van der Waals surface area (Å²) in [5.74, 6) is -1.24. The normalized spacial score (nSPS) is 19.7. The Bertz CT molecular complexity index is 753. The minimum absolute atomic E-state index is 0.000785. The average Bonchev–Trinajstić information content (AvgIpc) is 2.98. The highest BCUT2D eigenvalue weighted by atomic mass is 19.1. The molecule has 0 radical (unpaired) electrons. The number of nitrogens with zero attached hydrogens (tertiary/aromatic N) is 3. The molecule has 3 rings (SSSR count). The lowest BCUT2D eigenvalue weighted by Crippen LogP contribution is -2.44. The Balaban J connectivity index is 1.55. The van der Waals surface area contributed by atoms with Gasteiger partial charge in [-0.15, -0.1) is 0 Å². The van der Waals surface area contributed by atoms with E-state index in [9.17, 15) is 13.6 Å². The maximum absolute atomic E-state index is 13.8. The second kappa shape index (κ2) is 7.31. The first-order valence-electron chi connectivity index (χ1n) is 8.36. The van der Waals surface area contributed by atoms with Gasteiger partial charge in [-0.25, -0.2) is 8.78 Å². The van der Waals surface area contributed by atoms with Crippen LogP contribution >= 0.6 is 0 Å². The van der Waals surface area contributed by atoms with Crippen molar-refractivity contribution in [1.82, 2.24) is 20.0 Å². The van der Waals surface area contributed by atoms with E-state index in [0.29, 0.717) is 30.6 Å². The molecule has 1 aromatic carbocycles. The monoisotopic (exact) mass is 348 g/mol. The van der Waals surface area contributed by atoms with Crippen molar-refractivity contribution in [3.05, 3.63) is 53.4 Å². The van der Waals surface area contributed by atoms with Crippen LogP contribution in [0.1, 0.15) is 34.8 Å². The number of aromatic nitrogens is 2. The van der Waals surface area contributed by atoms with Gasteiger partial charge in [0.2, 0.25) is 0 Å². The second-order valence-corrected chi connectivity index (χ2v) is 6.75. The van der Waals surface area contributed by atoms with E-state index in [2.05, 4.69) is 10.4 Å². The molecule has 1 aliphatic rings. The summed E-state index contributed by atoms with van der Waals surface area (Å²) in [6.45, 7) is 1.42. The predicted molar refractivity (Wildman–Crippen MR) is 90.4 cm³/mol. The first-order chi connectivity index (χ1) is 11.9. The first-order valence-corrected chi connectivity index (χ1v) is 8.36. The SMILES string of the molecule is CN(C)CCn1nccc1C(=O)NC1CC(c2ccc(F)cc2F)C1. The van der Waals surface area contributed by atoms with E-state index < -0.39 is 11.6 Å². The highest BCUT2D eigenvalue weighted by Crippen LogP contribution is 2.38. The number of amides is 1.